The van der Waals surface area contributed by atoms with Crippen molar-refractivity contribution in [2.45, 2.75) is 119 Å². The van der Waals surface area contributed by atoms with E-state index >= 15 is 0 Å². The van der Waals surface area contributed by atoms with Crippen LogP contribution in [0, 0.1) is 47.5 Å². The number of rotatable bonds is 10. The fourth-order valence-electron chi connectivity index (χ4n) is 10.00. The van der Waals surface area contributed by atoms with Gasteiger partial charge in [0.2, 0.25) is 11.9 Å². The number of likely N-dealkylation sites (tertiary alicyclic amines) is 1. The number of hydrogen-bond acceptors (Lipinski definition) is 14. The number of anilines is 2. The van der Waals surface area contributed by atoms with Crippen LogP contribution in [0.25, 0.3) is 67.1 Å². The predicted molar refractivity (Wildman–Crippen MR) is 311 cm³/mol. The summed E-state index contributed by atoms with van der Waals surface area (Å²) in [6, 6.07) is 18.4. The Labute approximate surface area is 467 Å². The zero-order valence-corrected chi connectivity index (χ0v) is 48.6. The van der Waals surface area contributed by atoms with Gasteiger partial charge in [-0.3, -0.25) is 0 Å². The number of carbonyl (C=O) groups excluding carboxylic acids is 1. The van der Waals surface area contributed by atoms with Gasteiger partial charge in [-0.05, 0) is 134 Å². The number of H-pyrrole nitrogens is 2. The highest BCUT2D eigenvalue weighted by atomic mass is 79.9. The SMILES string of the molecule is BrB(Br)Br.Cc1cnc(NC2CCC(C)CC2)nc1-c1c[nH]c2nc(-c3c(C)noc3C)ccc12.Cc1cnc(N[C@H]2CC[C@H](C)N(C(=O)OCc3ccccc3)C2)nc1-c1c[nH]c2nc(-c3c(C)noc3C)ccc12. The van der Waals surface area contributed by atoms with Crippen LogP contribution in [0.4, 0.5) is 16.7 Å². The molecule has 0 unspecified atom stereocenters. The van der Waals surface area contributed by atoms with Crippen LogP contribution >= 0.6 is 47.3 Å². The minimum atomic E-state index is -0.305. The number of amides is 1. The van der Waals surface area contributed by atoms with Gasteiger partial charge in [0.1, 0.15) is 29.4 Å². The molecule has 1 saturated heterocycles. The van der Waals surface area contributed by atoms with Crippen LogP contribution in [0.15, 0.2) is 88.4 Å². The number of carbonyl (C=O) groups is 1. The molecule has 0 spiro atoms. The summed E-state index contributed by atoms with van der Waals surface area (Å²) in [4.78, 5) is 49.9. The third-order valence-electron chi connectivity index (χ3n) is 14.1. The summed E-state index contributed by atoms with van der Waals surface area (Å²) < 4.78 is 16.5. The number of aromatic nitrogens is 10. The summed E-state index contributed by atoms with van der Waals surface area (Å²) in [6.45, 7) is 16.9. The van der Waals surface area contributed by atoms with Gasteiger partial charge in [-0.2, -0.15) is 0 Å². The van der Waals surface area contributed by atoms with Crippen molar-refractivity contribution in [3.63, 3.8) is 0 Å². The van der Waals surface area contributed by atoms with Crippen molar-refractivity contribution >= 4 is 90.5 Å². The van der Waals surface area contributed by atoms with Crippen molar-refractivity contribution in [3.8, 4) is 45.0 Å². The van der Waals surface area contributed by atoms with Crippen molar-refractivity contribution in [1.82, 2.24) is 55.1 Å². The lowest BCUT2D eigenvalue weighted by Crippen LogP contribution is -2.50. The second-order valence-electron chi connectivity index (χ2n) is 19.7. The molecule has 394 valence electrons. The van der Waals surface area contributed by atoms with Gasteiger partial charge < -0.3 is 39.3 Å². The maximum Gasteiger partial charge on any atom is 0.410 e. The summed E-state index contributed by atoms with van der Waals surface area (Å²) in [5, 5.41) is 17.1. The van der Waals surface area contributed by atoms with Gasteiger partial charge in [-0.25, -0.2) is 34.7 Å². The maximum atomic E-state index is 12.9. The minimum Gasteiger partial charge on any atom is -0.445 e. The van der Waals surface area contributed by atoms with E-state index in [0.717, 1.165) is 125 Å². The molecule has 4 N–H and O–H groups in total. The molecular formula is C55H61BBr3N13O4. The molecule has 1 aliphatic heterocycles. The van der Waals surface area contributed by atoms with E-state index in [1.807, 2.05) is 115 Å². The first-order valence-corrected chi connectivity index (χ1v) is 28.3. The van der Waals surface area contributed by atoms with Crippen LogP contribution in [0.2, 0.25) is 0 Å². The number of benzene rings is 1. The summed E-state index contributed by atoms with van der Waals surface area (Å²) in [5.41, 5.74) is 13.4. The van der Waals surface area contributed by atoms with Gasteiger partial charge >= 0.3 is 9.28 Å². The maximum absolute atomic E-state index is 12.9. The smallest absolute Gasteiger partial charge is 0.410 e. The number of aryl methyl sites for hydroxylation is 6. The zero-order valence-electron chi connectivity index (χ0n) is 43.8. The van der Waals surface area contributed by atoms with Crippen LogP contribution in [0.5, 0.6) is 0 Å². The number of piperidine rings is 1. The van der Waals surface area contributed by atoms with Crippen LogP contribution < -0.4 is 10.6 Å². The Hall–Kier alpha value is -6.45. The fraction of sp³-hybridized carbons (Fsp3) is 0.364. The van der Waals surface area contributed by atoms with Crippen molar-refractivity contribution in [2.24, 2.45) is 5.92 Å². The molecule has 21 heteroatoms. The molecule has 76 heavy (non-hydrogen) atoms. The number of nitrogens with one attached hydrogen (secondary N) is 4. The number of nitrogens with zero attached hydrogens (tertiary/aromatic N) is 9. The van der Waals surface area contributed by atoms with E-state index in [4.69, 9.17) is 33.7 Å². The minimum absolute atomic E-state index is 0.00766. The molecule has 11 rings (SSSR count). The van der Waals surface area contributed by atoms with Crippen molar-refractivity contribution in [3.05, 3.63) is 119 Å². The predicted octanol–water partition coefficient (Wildman–Crippen LogP) is 13.9. The Balaban J connectivity index is 0.000000179. The first-order chi connectivity index (χ1) is 36.6. The Morgan fingerprint density at radius 2 is 1.16 bits per heavy atom. The standard InChI is InChI=1S/C31H33N7O3.C24H28N6O.BBr3/c1-18-14-33-30(34-23-11-10-19(2)38(16-23)31(39)40-17-22-8-6-5-7-9-22)36-28(18)25-15-32-29-24(25)12-13-26(35-29)27-20(3)37-41-21(27)4;1-13-5-7-17(8-6-13)27-24-26-11-14(2)22(29-24)19-12-25-23-18(19)9-10-20(28-23)21-15(3)30-31-16(21)4;2-1(3)4/h5-9,12-15,19,23H,10-11,16-17H2,1-4H3,(H,32,35)(H,33,34,36);9-13,17H,5-8H2,1-4H3,(H,25,28)(H,26,27,29);/t19-,23-;;/m0../s1. The number of aromatic amines is 2. The molecule has 0 radical (unpaired) electrons. The van der Waals surface area contributed by atoms with Crippen LogP contribution in [-0.4, -0.2) is 89.0 Å². The highest BCUT2D eigenvalue weighted by molar-refractivity contribution is 9.69. The average molecular weight is 1220 g/mol. The molecule has 9 heterocycles. The molecule has 2 fully saturated rings. The number of ether oxygens (including phenoxy) is 1. The molecule has 2 aliphatic rings. The second kappa shape index (κ2) is 24.3. The van der Waals surface area contributed by atoms with Gasteiger partial charge in [0.25, 0.3) is 0 Å². The zero-order chi connectivity index (χ0) is 53.6. The molecule has 9 aromatic rings. The molecule has 8 aromatic heterocycles. The normalized spacial score (nSPS) is 17.4. The number of hydrogen-bond donors (Lipinski definition) is 4. The van der Waals surface area contributed by atoms with Crippen LogP contribution in [0.1, 0.15) is 92.0 Å². The largest absolute Gasteiger partial charge is 0.445 e. The Morgan fingerprint density at radius 1 is 0.671 bits per heavy atom. The summed E-state index contributed by atoms with van der Waals surface area (Å²) >= 11 is 9.31. The van der Waals surface area contributed by atoms with E-state index < -0.39 is 0 Å². The fourth-order valence-corrected chi connectivity index (χ4v) is 10.00. The van der Waals surface area contributed by atoms with Crippen molar-refractivity contribution in [2.75, 3.05) is 17.2 Å². The van der Waals surface area contributed by atoms with Gasteiger partial charge in [0.05, 0.1) is 45.3 Å². The summed E-state index contributed by atoms with van der Waals surface area (Å²) in [6.07, 6.45) is 14.0. The van der Waals surface area contributed by atoms with Gasteiger partial charge in [0, 0.05) is 71.4 Å². The Bertz CT molecular complexity index is 3400. The summed E-state index contributed by atoms with van der Waals surface area (Å²) in [5.74, 6) is 3.56. The monoisotopic (exact) mass is 1220 g/mol. The highest BCUT2D eigenvalue weighted by Gasteiger charge is 2.31. The lowest BCUT2D eigenvalue weighted by atomic mass is 9.87. The molecule has 1 aromatic carbocycles. The van der Waals surface area contributed by atoms with Crippen molar-refractivity contribution in [1.29, 1.82) is 0 Å². The topological polar surface area (TPSA) is 215 Å². The van der Waals surface area contributed by atoms with Gasteiger partial charge in [-0.15, -0.1) is 47.3 Å². The van der Waals surface area contributed by atoms with Gasteiger partial charge in [-0.1, -0.05) is 47.6 Å². The molecule has 1 aliphatic carbocycles. The molecule has 2 atom stereocenters. The van der Waals surface area contributed by atoms with E-state index in [1.165, 1.54) is 25.7 Å². The number of pyridine rings is 2. The van der Waals surface area contributed by atoms with E-state index in [2.05, 4.69) is 108 Å². The van der Waals surface area contributed by atoms with E-state index in [1.54, 1.807) is 4.90 Å². The third-order valence-corrected chi connectivity index (χ3v) is 14.1. The molecule has 1 amide bonds. The molecular weight excluding hydrogens is 1160 g/mol. The third kappa shape index (κ3) is 12.7. The molecule has 0 bridgehead atoms. The Morgan fingerprint density at radius 3 is 1.64 bits per heavy atom. The number of fused-ring (bicyclic) bond motifs is 2. The molecule has 1 saturated carbocycles. The first kappa shape index (κ1) is 54.3. The summed E-state index contributed by atoms with van der Waals surface area (Å²) in [7, 11) is 0. The average Bonchev–Trinajstić information content (AvgIpc) is 4.20. The molecule has 17 nitrogen and oxygen atoms in total. The van der Waals surface area contributed by atoms with Crippen LogP contribution in [-0.2, 0) is 11.3 Å². The van der Waals surface area contributed by atoms with E-state index in [-0.39, 0.29) is 28.0 Å². The number of halogens is 3. The Kier molecular flexibility index (Phi) is 17.4. The van der Waals surface area contributed by atoms with Crippen LogP contribution in [0.3, 0.4) is 0 Å². The lowest BCUT2D eigenvalue weighted by Gasteiger charge is -2.37. The lowest BCUT2D eigenvalue weighted by molar-refractivity contribution is 0.0695. The second-order valence-corrected chi connectivity index (χ2v) is 26.2. The highest BCUT2D eigenvalue weighted by Crippen LogP contribution is 2.35. The first-order valence-electron chi connectivity index (χ1n) is 25.5. The van der Waals surface area contributed by atoms with Crippen molar-refractivity contribution < 1.29 is 18.6 Å². The quantitative estimate of drug-likeness (QED) is 0.0938. The van der Waals surface area contributed by atoms with E-state index in [9.17, 15) is 4.79 Å². The van der Waals surface area contributed by atoms with Gasteiger partial charge in [0.15, 0.2) is 0 Å². The van der Waals surface area contributed by atoms with E-state index in [0.29, 0.717) is 24.5 Å².